The van der Waals surface area contributed by atoms with E-state index < -0.39 is 0 Å². The van der Waals surface area contributed by atoms with Crippen LogP contribution in [0.3, 0.4) is 0 Å². The molecule has 3 heteroatoms. The van der Waals surface area contributed by atoms with Crippen molar-refractivity contribution >= 4 is 28.0 Å². The first-order valence-electron chi connectivity index (χ1n) is 7.69. The molecule has 0 saturated carbocycles. The number of benzene rings is 1. The zero-order valence-electron chi connectivity index (χ0n) is 12.9. The summed E-state index contributed by atoms with van der Waals surface area (Å²) in [5, 5.41) is 1.31. The predicted molar refractivity (Wildman–Crippen MR) is 90.6 cm³/mol. The maximum atomic E-state index is 6.08. The highest BCUT2D eigenvalue weighted by Crippen LogP contribution is 2.32. The van der Waals surface area contributed by atoms with Gasteiger partial charge in [-0.3, -0.25) is 4.40 Å². The molecule has 3 rings (SSSR count). The van der Waals surface area contributed by atoms with Gasteiger partial charge in [0.25, 0.3) is 0 Å². The third kappa shape index (κ3) is 2.13. The Balaban J connectivity index is 2.56. The Bertz CT molecular complexity index is 802. The van der Waals surface area contributed by atoms with Gasteiger partial charge in [0.1, 0.15) is 5.82 Å². The van der Waals surface area contributed by atoms with Crippen molar-refractivity contribution in [1.82, 2.24) is 9.38 Å². The normalized spacial score (nSPS) is 11.6. The average Bonchev–Trinajstić information content (AvgIpc) is 2.83. The number of hydrogen-bond donors (Lipinski definition) is 0. The maximum absolute atomic E-state index is 6.08. The van der Waals surface area contributed by atoms with E-state index in [0.717, 1.165) is 25.1 Å². The number of nitrogens with zero attached hydrogens (tertiary/aromatic N) is 2. The van der Waals surface area contributed by atoms with Crippen LogP contribution >= 0.6 is 11.6 Å². The first-order valence-corrected chi connectivity index (χ1v) is 8.22. The van der Waals surface area contributed by atoms with Crippen molar-refractivity contribution in [1.29, 1.82) is 0 Å². The molecular formula is C18H21ClN2. The molecule has 0 aliphatic carbocycles. The number of aromatic nitrogens is 2. The number of halogens is 1. The van der Waals surface area contributed by atoms with Crippen LogP contribution in [0.2, 0.25) is 0 Å². The minimum Gasteiger partial charge on any atom is -0.297 e. The molecule has 0 fully saturated rings. The van der Waals surface area contributed by atoms with Gasteiger partial charge in [0.05, 0.1) is 11.0 Å². The summed E-state index contributed by atoms with van der Waals surface area (Å²) in [6.07, 6.45) is 2.88. The number of rotatable bonds is 4. The second-order valence-electron chi connectivity index (χ2n) is 5.41. The van der Waals surface area contributed by atoms with Crippen LogP contribution in [0.15, 0.2) is 24.3 Å². The largest absolute Gasteiger partial charge is 0.297 e. The van der Waals surface area contributed by atoms with Gasteiger partial charge in [-0.15, -0.1) is 11.6 Å². The van der Waals surface area contributed by atoms with E-state index in [4.69, 9.17) is 16.6 Å². The van der Waals surface area contributed by atoms with Crippen molar-refractivity contribution in [3.63, 3.8) is 0 Å². The van der Waals surface area contributed by atoms with E-state index in [1.165, 1.54) is 33.2 Å². The highest BCUT2D eigenvalue weighted by atomic mass is 35.5. The molecule has 0 amide bonds. The minimum atomic E-state index is 0.648. The smallest absolute Gasteiger partial charge is 0.110 e. The first kappa shape index (κ1) is 14.4. The molecule has 0 aliphatic rings. The molecule has 3 aromatic rings. The SMILES string of the molecule is CCc1nc(C)n2c(c1CC)c(CCCl)c1ccccc12. The first-order chi connectivity index (χ1) is 10.2. The van der Waals surface area contributed by atoms with Crippen molar-refractivity contribution in [3.8, 4) is 0 Å². The Morgan fingerprint density at radius 1 is 1.10 bits per heavy atom. The van der Waals surface area contributed by atoms with Crippen molar-refractivity contribution < 1.29 is 0 Å². The van der Waals surface area contributed by atoms with Crippen molar-refractivity contribution in [2.24, 2.45) is 0 Å². The van der Waals surface area contributed by atoms with Gasteiger partial charge in [0, 0.05) is 17.0 Å². The second kappa shape index (κ2) is 5.69. The number of aryl methyl sites for hydroxylation is 4. The summed E-state index contributed by atoms with van der Waals surface area (Å²) in [5.41, 5.74) is 6.55. The Morgan fingerprint density at radius 2 is 1.86 bits per heavy atom. The van der Waals surface area contributed by atoms with Crippen LogP contribution in [-0.4, -0.2) is 15.3 Å². The fourth-order valence-electron chi connectivity index (χ4n) is 3.42. The van der Waals surface area contributed by atoms with E-state index in [0.29, 0.717) is 5.88 Å². The molecule has 0 unspecified atom stereocenters. The molecule has 110 valence electrons. The van der Waals surface area contributed by atoms with Crippen molar-refractivity contribution in [2.75, 3.05) is 5.88 Å². The standard InChI is InChI=1S/C18H21ClN2/c1-4-13-16(5-2)20-12(3)21-17-9-7-6-8-14(17)15(10-11-19)18(13)21/h6-9H,4-5,10-11H2,1-3H3. The molecule has 0 bridgehead atoms. The van der Waals surface area contributed by atoms with Crippen LogP contribution in [0.4, 0.5) is 0 Å². The molecular weight excluding hydrogens is 280 g/mol. The highest BCUT2D eigenvalue weighted by Gasteiger charge is 2.18. The fourth-order valence-corrected chi connectivity index (χ4v) is 3.61. The van der Waals surface area contributed by atoms with Gasteiger partial charge in [-0.2, -0.15) is 0 Å². The Hall–Kier alpha value is -1.54. The van der Waals surface area contributed by atoms with E-state index in [9.17, 15) is 0 Å². The number of alkyl halides is 1. The lowest BCUT2D eigenvalue weighted by atomic mass is 10.0. The molecule has 0 saturated heterocycles. The van der Waals surface area contributed by atoms with Crippen LogP contribution in [0.5, 0.6) is 0 Å². The Kier molecular flexibility index (Phi) is 3.90. The zero-order valence-corrected chi connectivity index (χ0v) is 13.7. The highest BCUT2D eigenvalue weighted by molar-refractivity contribution is 6.18. The summed E-state index contributed by atoms with van der Waals surface area (Å²) >= 11 is 6.08. The maximum Gasteiger partial charge on any atom is 0.110 e. The molecule has 0 spiro atoms. The number of fused-ring (bicyclic) bond motifs is 3. The topological polar surface area (TPSA) is 17.3 Å². The summed E-state index contributed by atoms with van der Waals surface area (Å²) < 4.78 is 2.31. The summed E-state index contributed by atoms with van der Waals surface area (Å²) in [7, 11) is 0. The summed E-state index contributed by atoms with van der Waals surface area (Å²) in [4.78, 5) is 4.84. The van der Waals surface area contributed by atoms with Gasteiger partial charge in [0.15, 0.2) is 0 Å². The minimum absolute atomic E-state index is 0.648. The molecule has 2 aromatic heterocycles. The van der Waals surface area contributed by atoms with Crippen LogP contribution in [-0.2, 0) is 19.3 Å². The van der Waals surface area contributed by atoms with E-state index >= 15 is 0 Å². The van der Waals surface area contributed by atoms with E-state index in [1.54, 1.807) is 0 Å². The van der Waals surface area contributed by atoms with Crippen LogP contribution in [0, 0.1) is 6.92 Å². The van der Waals surface area contributed by atoms with Gasteiger partial charge in [-0.1, -0.05) is 32.0 Å². The lowest BCUT2D eigenvalue weighted by Crippen LogP contribution is -2.06. The van der Waals surface area contributed by atoms with E-state index in [-0.39, 0.29) is 0 Å². The lowest BCUT2D eigenvalue weighted by Gasteiger charge is -2.12. The van der Waals surface area contributed by atoms with Gasteiger partial charge in [-0.05, 0) is 43.4 Å². The molecule has 0 aliphatic heterocycles. The lowest BCUT2D eigenvalue weighted by molar-refractivity contribution is 0.891. The molecule has 0 N–H and O–H groups in total. The molecule has 0 atom stereocenters. The van der Waals surface area contributed by atoms with E-state index in [2.05, 4.69) is 49.4 Å². The van der Waals surface area contributed by atoms with Gasteiger partial charge in [-0.25, -0.2) is 4.98 Å². The van der Waals surface area contributed by atoms with Crippen molar-refractivity contribution in [3.05, 3.63) is 46.9 Å². The molecule has 2 heterocycles. The summed E-state index contributed by atoms with van der Waals surface area (Å²) in [6.45, 7) is 6.50. The van der Waals surface area contributed by atoms with Crippen LogP contribution in [0.25, 0.3) is 16.4 Å². The Morgan fingerprint density at radius 3 is 2.52 bits per heavy atom. The monoisotopic (exact) mass is 300 g/mol. The fraction of sp³-hybridized carbons (Fsp3) is 0.389. The van der Waals surface area contributed by atoms with Gasteiger partial charge < -0.3 is 0 Å². The second-order valence-corrected chi connectivity index (χ2v) is 5.79. The third-order valence-corrected chi connectivity index (χ3v) is 4.46. The quantitative estimate of drug-likeness (QED) is 0.638. The zero-order chi connectivity index (χ0) is 15.0. The molecule has 0 radical (unpaired) electrons. The number of para-hydroxylation sites is 1. The number of hydrogen-bond acceptors (Lipinski definition) is 1. The Labute approximate surface area is 130 Å². The van der Waals surface area contributed by atoms with Gasteiger partial charge >= 0.3 is 0 Å². The third-order valence-electron chi connectivity index (χ3n) is 4.27. The van der Waals surface area contributed by atoms with Crippen LogP contribution in [0.1, 0.15) is 36.5 Å². The molecule has 2 nitrogen and oxygen atoms in total. The summed E-state index contributed by atoms with van der Waals surface area (Å²) in [6, 6.07) is 8.58. The van der Waals surface area contributed by atoms with Gasteiger partial charge in [0.2, 0.25) is 0 Å². The predicted octanol–water partition coefficient (Wildman–Crippen LogP) is 4.70. The van der Waals surface area contributed by atoms with Crippen molar-refractivity contribution in [2.45, 2.75) is 40.0 Å². The molecule has 1 aromatic carbocycles. The van der Waals surface area contributed by atoms with Crippen LogP contribution < -0.4 is 0 Å². The van der Waals surface area contributed by atoms with E-state index in [1.807, 2.05) is 0 Å². The summed E-state index contributed by atoms with van der Waals surface area (Å²) in [5.74, 6) is 1.71. The average molecular weight is 301 g/mol. The molecule has 21 heavy (non-hydrogen) atoms.